The number of rotatable bonds is 5. The predicted molar refractivity (Wildman–Crippen MR) is 74.6 cm³/mol. The molecular weight excluding hydrogens is 307 g/mol. The lowest BCUT2D eigenvalue weighted by Crippen LogP contribution is -2.06. The molecule has 0 N–H and O–H groups in total. The van der Waals surface area contributed by atoms with Crippen molar-refractivity contribution in [1.29, 1.82) is 0 Å². The van der Waals surface area contributed by atoms with E-state index in [4.69, 9.17) is 23.2 Å². The summed E-state index contributed by atoms with van der Waals surface area (Å²) in [6.45, 7) is -2.88. The molecule has 0 fully saturated rings. The van der Waals surface area contributed by atoms with Gasteiger partial charge in [-0.15, -0.1) is 11.6 Å². The van der Waals surface area contributed by atoms with E-state index >= 15 is 0 Å². The van der Waals surface area contributed by atoms with Gasteiger partial charge in [0.15, 0.2) is 0 Å². The molecule has 1 aromatic carbocycles. The zero-order chi connectivity index (χ0) is 14.5. The molecule has 106 valence electrons. The number of halogens is 4. The summed E-state index contributed by atoms with van der Waals surface area (Å²) >= 11 is 12.3. The van der Waals surface area contributed by atoms with Crippen molar-refractivity contribution in [2.75, 3.05) is 0 Å². The minimum atomic E-state index is -2.88. The number of ether oxygens (including phenoxy) is 1. The maximum Gasteiger partial charge on any atom is 0.387 e. The molecular formula is C14H11Cl2F2NO. The smallest absolute Gasteiger partial charge is 0.387 e. The summed E-state index contributed by atoms with van der Waals surface area (Å²) in [5.74, 6) is 0.0766. The lowest BCUT2D eigenvalue weighted by atomic mass is 10.0. The molecule has 0 radical (unpaired) electrons. The van der Waals surface area contributed by atoms with Gasteiger partial charge in [-0.25, -0.2) is 0 Å². The molecule has 1 heterocycles. The largest absolute Gasteiger partial charge is 0.434 e. The third-order valence-electron chi connectivity index (χ3n) is 2.73. The summed E-state index contributed by atoms with van der Waals surface area (Å²) in [5.41, 5.74) is 1.30. The fraction of sp³-hybridized carbons (Fsp3) is 0.214. The van der Waals surface area contributed by atoms with Crippen LogP contribution in [-0.4, -0.2) is 11.6 Å². The standard InChI is InChI=1S/C14H11Cl2F2NO/c15-11(7-9-5-6-19-8-12(9)16)10-3-1-2-4-13(10)20-14(17)18/h1-6,8,11,14H,7H2. The predicted octanol–water partition coefficient (Wildman–Crippen LogP) is 4.86. The van der Waals surface area contributed by atoms with Crippen LogP contribution in [0.4, 0.5) is 8.78 Å². The van der Waals surface area contributed by atoms with E-state index in [9.17, 15) is 8.78 Å². The average molecular weight is 318 g/mol. The number of aromatic nitrogens is 1. The third kappa shape index (κ3) is 3.81. The fourth-order valence-corrected chi connectivity index (χ4v) is 2.36. The molecule has 0 aliphatic rings. The van der Waals surface area contributed by atoms with Crippen molar-refractivity contribution in [2.24, 2.45) is 0 Å². The molecule has 2 aromatic rings. The van der Waals surface area contributed by atoms with Crippen molar-refractivity contribution in [3.63, 3.8) is 0 Å². The summed E-state index contributed by atoms with van der Waals surface area (Å²) in [4.78, 5) is 3.88. The molecule has 0 saturated heterocycles. The first kappa shape index (κ1) is 15.0. The lowest BCUT2D eigenvalue weighted by molar-refractivity contribution is -0.0504. The van der Waals surface area contributed by atoms with Gasteiger partial charge in [-0.05, 0) is 24.1 Å². The Morgan fingerprint density at radius 3 is 2.65 bits per heavy atom. The van der Waals surface area contributed by atoms with Crippen LogP contribution in [0.1, 0.15) is 16.5 Å². The average Bonchev–Trinajstić information content (AvgIpc) is 2.41. The molecule has 0 amide bonds. The molecule has 0 bridgehead atoms. The van der Waals surface area contributed by atoms with Crippen molar-refractivity contribution in [3.8, 4) is 5.75 Å². The lowest BCUT2D eigenvalue weighted by Gasteiger charge is -2.15. The Bertz CT molecular complexity index is 581. The van der Waals surface area contributed by atoms with Crippen molar-refractivity contribution >= 4 is 23.2 Å². The Kier molecular flexibility index (Phi) is 5.15. The van der Waals surface area contributed by atoms with Crippen LogP contribution in [0, 0.1) is 0 Å². The third-order valence-corrected chi connectivity index (χ3v) is 3.46. The Morgan fingerprint density at radius 1 is 1.20 bits per heavy atom. The first-order chi connectivity index (χ1) is 9.58. The van der Waals surface area contributed by atoms with Crippen LogP contribution in [0.2, 0.25) is 5.02 Å². The highest BCUT2D eigenvalue weighted by Gasteiger charge is 2.17. The number of hydrogen-bond acceptors (Lipinski definition) is 2. The van der Waals surface area contributed by atoms with Crippen molar-refractivity contribution in [1.82, 2.24) is 4.98 Å². The first-order valence-corrected chi connectivity index (χ1v) is 6.65. The van der Waals surface area contributed by atoms with Crippen molar-refractivity contribution < 1.29 is 13.5 Å². The molecule has 1 atom stereocenters. The van der Waals surface area contributed by atoms with Gasteiger partial charge in [-0.2, -0.15) is 8.78 Å². The van der Waals surface area contributed by atoms with Crippen LogP contribution >= 0.6 is 23.2 Å². The SMILES string of the molecule is FC(F)Oc1ccccc1C(Cl)Cc1ccncc1Cl. The zero-order valence-corrected chi connectivity index (χ0v) is 11.8. The van der Waals surface area contributed by atoms with E-state index in [0.717, 1.165) is 5.56 Å². The van der Waals surface area contributed by atoms with Crippen LogP contribution in [0.25, 0.3) is 0 Å². The van der Waals surface area contributed by atoms with Gasteiger partial charge in [0.1, 0.15) is 5.75 Å². The van der Waals surface area contributed by atoms with E-state index in [2.05, 4.69) is 9.72 Å². The van der Waals surface area contributed by atoms with Crippen molar-refractivity contribution in [3.05, 3.63) is 58.9 Å². The van der Waals surface area contributed by atoms with Gasteiger partial charge in [0.25, 0.3) is 0 Å². The molecule has 0 aliphatic carbocycles. The summed E-state index contributed by atoms with van der Waals surface area (Å²) in [5, 5.41) is -0.0322. The fourth-order valence-electron chi connectivity index (χ4n) is 1.82. The van der Waals surface area contributed by atoms with E-state index in [1.807, 2.05) is 0 Å². The van der Waals surface area contributed by atoms with E-state index in [1.54, 1.807) is 30.5 Å². The first-order valence-electron chi connectivity index (χ1n) is 5.84. The maximum absolute atomic E-state index is 12.4. The van der Waals surface area contributed by atoms with Crippen LogP contribution in [-0.2, 0) is 6.42 Å². The topological polar surface area (TPSA) is 22.1 Å². The zero-order valence-electron chi connectivity index (χ0n) is 10.3. The summed E-state index contributed by atoms with van der Waals surface area (Å²) in [7, 11) is 0. The Hall–Kier alpha value is -1.39. The van der Waals surface area contributed by atoms with E-state index < -0.39 is 12.0 Å². The van der Waals surface area contributed by atoms with Crippen LogP contribution < -0.4 is 4.74 Å². The van der Waals surface area contributed by atoms with Crippen LogP contribution in [0.3, 0.4) is 0 Å². The molecule has 2 rings (SSSR count). The number of pyridine rings is 1. The number of hydrogen-bond donors (Lipinski definition) is 0. The molecule has 1 aromatic heterocycles. The molecule has 6 heteroatoms. The van der Waals surface area contributed by atoms with Gasteiger partial charge in [0.2, 0.25) is 0 Å². The number of nitrogens with zero attached hydrogens (tertiary/aromatic N) is 1. The number of para-hydroxylation sites is 1. The van der Waals surface area contributed by atoms with Crippen LogP contribution in [0.15, 0.2) is 42.7 Å². The highest BCUT2D eigenvalue weighted by Crippen LogP contribution is 2.34. The van der Waals surface area contributed by atoms with Gasteiger partial charge in [0.05, 0.1) is 10.4 Å². The minimum Gasteiger partial charge on any atom is -0.434 e. The molecule has 0 saturated carbocycles. The highest BCUT2D eigenvalue weighted by atomic mass is 35.5. The van der Waals surface area contributed by atoms with Gasteiger partial charge in [-0.3, -0.25) is 4.98 Å². The molecule has 1 unspecified atom stereocenters. The van der Waals surface area contributed by atoms with Gasteiger partial charge >= 0.3 is 6.61 Å². The maximum atomic E-state index is 12.4. The molecule has 2 nitrogen and oxygen atoms in total. The van der Waals surface area contributed by atoms with Crippen molar-refractivity contribution in [2.45, 2.75) is 18.4 Å². The second kappa shape index (κ2) is 6.86. The van der Waals surface area contributed by atoms with Gasteiger partial charge in [0, 0.05) is 18.0 Å². The minimum absolute atomic E-state index is 0.0766. The second-order valence-corrected chi connectivity index (χ2v) is 4.99. The van der Waals surface area contributed by atoms with Gasteiger partial charge in [-0.1, -0.05) is 29.8 Å². The van der Waals surface area contributed by atoms with Crippen LogP contribution in [0.5, 0.6) is 5.75 Å². The van der Waals surface area contributed by atoms with E-state index in [0.29, 0.717) is 17.0 Å². The number of alkyl halides is 3. The van der Waals surface area contributed by atoms with E-state index in [1.165, 1.54) is 12.3 Å². The summed E-state index contributed by atoms with van der Waals surface area (Å²) < 4.78 is 29.2. The second-order valence-electron chi connectivity index (χ2n) is 4.06. The Morgan fingerprint density at radius 2 is 1.95 bits per heavy atom. The number of benzene rings is 1. The quantitative estimate of drug-likeness (QED) is 0.735. The normalized spacial score (nSPS) is 12.4. The highest BCUT2D eigenvalue weighted by molar-refractivity contribution is 6.31. The summed E-state index contributed by atoms with van der Waals surface area (Å²) in [6, 6.07) is 8.20. The Labute approximate surface area is 125 Å². The molecule has 0 spiro atoms. The molecule has 20 heavy (non-hydrogen) atoms. The summed E-state index contributed by atoms with van der Waals surface area (Å²) in [6.07, 6.45) is 3.51. The van der Waals surface area contributed by atoms with E-state index in [-0.39, 0.29) is 5.75 Å². The monoisotopic (exact) mass is 317 g/mol. The molecule has 0 aliphatic heterocycles. The Balaban J connectivity index is 2.21. The van der Waals surface area contributed by atoms with Gasteiger partial charge < -0.3 is 4.74 Å².